The van der Waals surface area contributed by atoms with Crippen LogP contribution in [0, 0.1) is 10.1 Å². The Morgan fingerprint density at radius 3 is 2.59 bits per heavy atom. The molecule has 0 unspecified atom stereocenters. The number of likely N-dealkylation sites (N-methyl/N-ethyl adjacent to an activating group) is 1. The van der Waals surface area contributed by atoms with Crippen molar-refractivity contribution < 1.29 is 14.5 Å². The first-order valence-electron chi connectivity index (χ1n) is 10.4. The SMILES string of the molecule is CCOc1ccc2nc(N(CCN(CC)CC)C(=O)/C=C/c3ccc([N+](=O)[O-])s3)sc2c1. The molecule has 0 aliphatic heterocycles. The van der Waals surface area contributed by atoms with Gasteiger partial charge in [0.1, 0.15) is 5.75 Å². The van der Waals surface area contributed by atoms with Crippen LogP contribution in [0.3, 0.4) is 0 Å². The maximum absolute atomic E-state index is 13.1. The lowest BCUT2D eigenvalue weighted by Crippen LogP contribution is -2.38. The lowest BCUT2D eigenvalue weighted by atomic mass is 10.3. The number of nitrogens with zero attached hydrogens (tertiary/aromatic N) is 4. The third-order valence-electron chi connectivity index (χ3n) is 4.87. The van der Waals surface area contributed by atoms with E-state index in [1.54, 1.807) is 17.0 Å². The predicted molar refractivity (Wildman–Crippen MR) is 131 cm³/mol. The highest BCUT2D eigenvalue weighted by molar-refractivity contribution is 7.22. The van der Waals surface area contributed by atoms with Crippen LogP contribution in [0.25, 0.3) is 16.3 Å². The number of carbonyl (C=O) groups is 1. The van der Waals surface area contributed by atoms with Crippen LogP contribution in [0.1, 0.15) is 25.6 Å². The highest BCUT2D eigenvalue weighted by Crippen LogP contribution is 2.32. The van der Waals surface area contributed by atoms with Crippen LogP contribution in [0.2, 0.25) is 0 Å². The van der Waals surface area contributed by atoms with Crippen molar-refractivity contribution in [2.24, 2.45) is 0 Å². The average molecular weight is 475 g/mol. The first-order valence-corrected chi connectivity index (χ1v) is 12.1. The molecule has 0 fully saturated rings. The number of benzene rings is 1. The molecule has 0 saturated heterocycles. The normalized spacial score (nSPS) is 11.5. The molecular weight excluding hydrogens is 448 g/mol. The molecule has 3 rings (SSSR count). The summed E-state index contributed by atoms with van der Waals surface area (Å²) in [6.45, 7) is 9.69. The van der Waals surface area contributed by atoms with Gasteiger partial charge in [0.15, 0.2) is 5.13 Å². The van der Waals surface area contributed by atoms with Gasteiger partial charge >= 0.3 is 5.00 Å². The van der Waals surface area contributed by atoms with Gasteiger partial charge in [0, 0.05) is 30.1 Å². The Morgan fingerprint density at radius 1 is 1.16 bits per heavy atom. The molecule has 170 valence electrons. The third kappa shape index (κ3) is 5.90. The van der Waals surface area contributed by atoms with Gasteiger partial charge in [-0.3, -0.25) is 19.8 Å². The number of amides is 1. The summed E-state index contributed by atoms with van der Waals surface area (Å²) in [4.78, 5) is 32.8. The molecule has 3 aromatic rings. The van der Waals surface area contributed by atoms with Crippen LogP contribution in [-0.2, 0) is 4.79 Å². The van der Waals surface area contributed by atoms with Gasteiger partial charge in [0.25, 0.3) is 5.91 Å². The summed E-state index contributed by atoms with van der Waals surface area (Å²) in [6, 6.07) is 8.79. The monoisotopic (exact) mass is 474 g/mol. The van der Waals surface area contributed by atoms with Crippen molar-refractivity contribution in [2.45, 2.75) is 20.8 Å². The second-order valence-electron chi connectivity index (χ2n) is 6.84. The number of anilines is 1. The summed E-state index contributed by atoms with van der Waals surface area (Å²) >= 11 is 2.48. The van der Waals surface area contributed by atoms with Gasteiger partial charge in [-0.05, 0) is 50.4 Å². The zero-order valence-corrected chi connectivity index (χ0v) is 19.9. The van der Waals surface area contributed by atoms with Crippen LogP contribution >= 0.6 is 22.7 Å². The summed E-state index contributed by atoms with van der Waals surface area (Å²) in [5.74, 6) is 0.563. The highest BCUT2D eigenvalue weighted by Gasteiger charge is 2.19. The number of nitro groups is 1. The maximum Gasteiger partial charge on any atom is 0.324 e. The summed E-state index contributed by atoms with van der Waals surface area (Å²) in [7, 11) is 0. The van der Waals surface area contributed by atoms with E-state index in [2.05, 4.69) is 23.7 Å². The van der Waals surface area contributed by atoms with Gasteiger partial charge in [-0.2, -0.15) is 0 Å². The molecule has 8 nitrogen and oxygen atoms in total. The maximum atomic E-state index is 13.1. The van der Waals surface area contributed by atoms with Crippen molar-refractivity contribution in [3.05, 3.63) is 51.4 Å². The lowest BCUT2D eigenvalue weighted by Gasteiger charge is -2.23. The van der Waals surface area contributed by atoms with Gasteiger partial charge in [-0.15, -0.1) is 0 Å². The zero-order chi connectivity index (χ0) is 23.1. The zero-order valence-electron chi connectivity index (χ0n) is 18.3. The average Bonchev–Trinajstić information content (AvgIpc) is 3.42. The third-order valence-corrected chi connectivity index (χ3v) is 6.92. The molecule has 0 N–H and O–H groups in total. The van der Waals surface area contributed by atoms with E-state index in [1.807, 2.05) is 25.1 Å². The molecular formula is C22H26N4O4S2. The number of fused-ring (bicyclic) bond motifs is 1. The Bertz CT molecular complexity index is 1100. The quantitative estimate of drug-likeness (QED) is 0.219. The number of carbonyl (C=O) groups excluding carboxylic acids is 1. The smallest absolute Gasteiger partial charge is 0.324 e. The minimum absolute atomic E-state index is 0.0479. The predicted octanol–water partition coefficient (Wildman–Crippen LogP) is 5.05. The van der Waals surface area contributed by atoms with Gasteiger partial charge in [0.05, 0.1) is 21.7 Å². The molecule has 1 aromatic carbocycles. The Morgan fingerprint density at radius 2 is 1.94 bits per heavy atom. The van der Waals surface area contributed by atoms with Crippen molar-refractivity contribution in [3.8, 4) is 5.75 Å². The van der Waals surface area contributed by atoms with Crippen molar-refractivity contribution in [3.63, 3.8) is 0 Å². The Balaban J connectivity index is 1.86. The number of thiophene rings is 1. The van der Waals surface area contributed by atoms with Crippen LogP contribution in [0.5, 0.6) is 5.75 Å². The first kappa shape index (κ1) is 23.8. The van der Waals surface area contributed by atoms with Crippen molar-refractivity contribution >= 4 is 55.0 Å². The standard InChI is InChI=1S/C22H26N4O4S2/c1-4-24(5-2)13-14-25(20(27)11-8-17-9-12-21(31-17)26(28)29)22-23-18-10-7-16(30-6-3)15-19(18)32-22/h7-12,15H,4-6,13-14H2,1-3H3/b11-8+. The Hall–Kier alpha value is -2.82. The van der Waals surface area contributed by atoms with Crippen molar-refractivity contribution in [2.75, 3.05) is 37.7 Å². The Kier molecular flexibility index (Phi) is 8.32. The molecule has 0 spiro atoms. The van der Waals surface area contributed by atoms with Gasteiger partial charge < -0.3 is 9.64 Å². The van der Waals surface area contributed by atoms with Gasteiger partial charge in [-0.25, -0.2) is 4.98 Å². The second kappa shape index (κ2) is 11.2. The molecule has 32 heavy (non-hydrogen) atoms. The van der Waals surface area contributed by atoms with E-state index in [1.165, 1.54) is 23.5 Å². The van der Waals surface area contributed by atoms with Crippen LogP contribution < -0.4 is 9.64 Å². The van der Waals surface area contributed by atoms with E-state index in [0.29, 0.717) is 23.2 Å². The molecule has 2 heterocycles. The van der Waals surface area contributed by atoms with Crippen molar-refractivity contribution in [1.29, 1.82) is 0 Å². The molecule has 1 amide bonds. The summed E-state index contributed by atoms with van der Waals surface area (Å²) in [5, 5.41) is 11.6. The number of hydrogen-bond acceptors (Lipinski definition) is 8. The van der Waals surface area contributed by atoms with Crippen LogP contribution in [0.15, 0.2) is 36.4 Å². The fourth-order valence-electron chi connectivity index (χ4n) is 3.12. The van der Waals surface area contributed by atoms with Gasteiger partial charge in [0.2, 0.25) is 0 Å². The topological polar surface area (TPSA) is 88.8 Å². The molecule has 10 heteroatoms. The summed E-state index contributed by atoms with van der Waals surface area (Å²) in [5.41, 5.74) is 0.812. The molecule has 0 bridgehead atoms. The number of thiazole rings is 1. The fourth-order valence-corrected chi connectivity index (χ4v) is 4.87. The minimum atomic E-state index is -0.433. The van der Waals surface area contributed by atoms with E-state index in [-0.39, 0.29) is 10.9 Å². The van der Waals surface area contributed by atoms with E-state index >= 15 is 0 Å². The van der Waals surface area contributed by atoms with Gasteiger partial charge in [-0.1, -0.05) is 36.5 Å². The number of rotatable bonds is 11. The first-order chi connectivity index (χ1) is 15.4. The van der Waals surface area contributed by atoms with E-state index < -0.39 is 4.92 Å². The molecule has 0 aliphatic rings. The number of ether oxygens (including phenoxy) is 1. The molecule has 0 atom stereocenters. The largest absolute Gasteiger partial charge is 0.494 e. The van der Waals surface area contributed by atoms with Crippen LogP contribution in [-0.4, -0.2) is 53.5 Å². The fraction of sp³-hybridized carbons (Fsp3) is 0.364. The molecule has 0 aliphatic carbocycles. The second-order valence-corrected chi connectivity index (χ2v) is 8.95. The molecule has 0 radical (unpaired) electrons. The van der Waals surface area contributed by atoms with E-state index in [0.717, 1.165) is 46.9 Å². The van der Waals surface area contributed by atoms with Crippen molar-refractivity contribution in [1.82, 2.24) is 9.88 Å². The summed E-state index contributed by atoms with van der Waals surface area (Å²) < 4.78 is 6.53. The lowest BCUT2D eigenvalue weighted by molar-refractivity contribution is -0.380. The van der Waals surface area contributed by atoms with E-state index in [4.69, 9.17) is 4.74 Å². The van der Waals surface area contributed by atoms with E-state index in [9.17, 15) is 14.9 Å². The Labute approximate surface area is 194 Å². The number of aromatic nitrogens is 1. The summed E-state index contributed by atoms with van der Waals surface area (Å²) in [6.07, 6.45) is 3.07. The molecule has 2 aromatic heterocycles. The highest BCUT2D eigenvalue weighted by atomic mass is 32.1. The number of hydrogen-bond donors (Lipinski definition) is 0. The minimum Gasteiger partial charge on any atom is -0.494 e. The molecule has 0 saturated carbocycles. The van der Waals surface area contributed by atoms with Crippen LogP contribution in [0.4, 0.5) is 10.1 Å².